The van der Waals surface area contributed by atoms with Gasteiger partial charge >= 0.3 is 0 Å². The average molecular weight is 385 g/mol. The number of nitrogens with zero attached hydrogens (tertiary/aromatic N) is 1. The van der Waals surface area contributed by atoms with Crippen LogP contribution >= 0.6 is 0 Å². The summed E-state index contributed by atoms with van der Waals surface area (Å²) in [6, 6.07) is 12.5. The van der Waals surface area contributed by atoms with Crippen LogP contribution < -0.4 is 9.62 Å². The van der Waals surface area contributed by atoms with Gasteiger partial charge in [-0.3, -0.25) is 9.52 Å². The van der Waals surface area contributed by atoms with Crippen molar-refractivity contribution in [2.45, 2.75) is 43.9 Å². The minimum Gasteiger partial charge on any atom is -0.312 e. The average Bonchev–Trinajstić information content (AvgIpc) is 3.42. The first-order chi connectivity index (χ1) is 13.0. The Balaban J connectivity index is 1.55. The van der Waals surface area contributed by atoms with Gasteiger partial charge in [-0.05, 0) is 61.1 Å². The molecular weight excluding hydrogens is 360 g/mol. The number of carbonyl (C=O) groups is 1. The summed E-state index contributed by atoms with van der Waals surface area (Å²) >= 11 is 0. The van der Waals surface area contributed by atoms with E-state index < -0.39 is 10.0 Å². The summed E-state index contributed by atoms with van der Waals surface area (Å²) < 4.78 is 28.1. The van der Waals surface area contributed by atoms with Crippen LogP contribution in [-0.2, 0) is 27.7 Å². The quantitative estimate of drug-likeness (QED) is 0.825. The maximum absolute atomic E-state index is 12.7. The number of nitrogens with one attached hydrogen (secondary N) is 1. The predicted molar refractivity (Wildman–Crippen MR) is 106 cm³/mol. The molecule has 0 saturated heterocycles. The second-order valence-electron chi connectivity index (χ2n) is 7.36. The van der Waals surface area contributed by atoms with Crippen LogP contribution in [0, 0.1) is 5.92 Å². The molecule has 0 spiro atoms. The van der Waals surface area contributed by atoms with Crippen LogP contribution in [0.3, 0.4) is 0 Å². The molecule has 0 unspecified atom stereocenters. The van der Waals surface area contributed by atoms with Crippen LogP contribution in [0.2, 0.25) is 0 Å². The van der Waals surface area contributed by atoms with Crippen molar-refractivity contribution in [1.82, 2.24) is 0 Å². The Hall–Kier alpha value is -2.34. The van der Waals surface area contributed by atoms with E-state index >= 15 is 0 Å². The Morgan fingerprint density at radius 1 is 1.15 bits per heavy atom. The van der Waals surface area contributed by atoms with Gasteiger partial charge in [0.25, 0.3) is 10.0 Å². The number of hydrogen-bond donors (Lipinski definition) is 1. The Morgan fingerprint density at radius 2 is 1.89 bits per heavy atom. The molecule has 2 aliphatic rings. The fourth-order valence-corrected chi connectivity index (χ4v) is 4.61. The summed E-state index contributed by atoms with van der Waals surface area (Å²) in [6.07, 6.45) is 4.70. The highest BCUT2D eigenvalue weighted by Crippen LogP contribution is 2.37. The Kier molecular flexibility index (Phi) is 4.68. The molecule has 1 saturated carbocycles. The first-order valence-corrected chi connectivity index (χ1v) is 11.0. The summed E-state index contributed by atoms with van der Waals surface area (Å²) in [5.41, 5.74) is 3.55. The molecule has 1 fully saturated rings. The van der Waals surface area contributed by atoms with E-state index in [1.54, 1.807) is 24.3 Å². The zero-order valence-electron chi connectivity index (χ0n) is 15.4. The van der Waals surface area contributed by atoms with Gasteiger partial charge in [0.1, 0.15) is 0 Å². The summed E-state index contributed by atoms with van der Waals surface area (Å²) in [5, 5.41) is 0. The maximum Gasteiger partial charge on any atom is 0.261 e. The van der Waals surface area contributed by atoms with Crippen molar-refractivity contribution in [3.05, 3.63) is 53.6 Å². The van der Waals surface area contributed by atoms with Gasteiger partial charge in [-0.2, -0.15) is 0 Å². The van der Waals surface area contributed by atoms with E-state index in [2.05, 4.69) is 11.6 Å². The Bertz CT molecular complexity index is 963. The van der Waals surface area contributed by atoms with Crippen molar-refractivity contribution in [3.8, 4) is 0 Å². The van der Waals surface area contributed by atoms with E-state index in [0.717, 1.165) is 48.9 Å². The van der Waals surface area contributed by atoms with Crippen molar-refractivity contribution in [1.29, 1.82) is 0 Å². The largest absolute Gasteiger partial charge is 0.312 e. The molecule has 2 aromatic carbocycles. The molecule has 142 valence electrons. The highest BCUT2D eigenvalue weighted by molar-refractivity contribution is 7.92. The minimum atomic E-state index is -3.66. The molecule has 5 nitrogen and oxygen atoms in total. The lowest BCUT2D eigenvalue weighted by Crippen LogP contribution is -2.30. The highest BCUT2D eigenvalue weighted by atomic mass is 32.2. The lowest BCUT2D eigenvalue weighted by atomic mass is 10.1. The SMILES string of the molecule is CCCc1ccc(S(=O)(=O)Nc2ccc3c(c2)N(C(=O)C2CC2)CC3)cc1. The second kappa shape index (κ2) is 7.00. The molecule has 0 radical (unpaired) electrons. The molecule has 0 bridgehead atoms. The molecule has 1 aliphatic carbocycles. The summed E-state index contributed by atoms with van der Waals surface area (Å²) in [5.74, 6) is 0.318. The normalized spacial score (nSPS) is 16.3. The molecule has 0 atom stereocenters. The number of sulfonamides is 1. The topological polar surface area (TPSA) is 66.5 Å². The van der Waals surface area contributed by atoms with Gasteiger partial charge in [0, 0.05) is 18.2 Å². The van der Waals surface area contributed by atoms with Gasteiger partial charge < -0.3 is 4.90 Å². The number of rotatable bonds is 6. The fraction of sp³-hybridized carbons (Fsp3) is 0.381. The van der Waals surface area contributed by atoms with E-state index in [1.807, 2.05) is 23.1 Å². The first kappa shape index (κ1) is 18.0. The highest BCUT2D eigenvalue weighted by Gasteiger charge is 2.36. The lowest BCUT2D eigenvalue weighted by molar-refractivity contribution is -0.119. The van der Waals surface area contributed by atoms with Crippen molar-refractivity contribution in [3.63, 3.8) is 0 Å². The van der Waals surface area contributed by atoms with Crippen molar-refractivity contribution >= 4 is 27.3 Å². The molecule has 1 amide bonds. The molecule has 6 heteroatoms. The minimum absolute atomic E-state index is 0.151. The monoisotopic (exact) mass is 384 g/mol. The van der Waals surface area contributed by atoms with Crippen molar-refractivity contribution < 1.29 is 13.2 Å². The first-order valence-electron chi connectivity index (χ1n) is 9.54. The number of hydrogen-bond acceptors (Lipinski definition) is 3. The van der Waals surface area contributed by atoms with E-state index in [0.29, 0.717) is 12.2 Å². The third kappa shape index (κ3) is 3.72. The molecule has 1 N–H and O–H groups in total. The second-order valence-corrected chi connectivity index (χ2v) is 9.04. The van der Waals surface area contributed by atoms with Crippen LogP contribution in [0.4, 0.5) is 11.4 Å². The van der Waals surface area contributed by atoms with Crippen molar-refractivity contribution in [2.75, 3.05) is 16.2 Å². The van der Waals surface area contributed by atoms with E-state index in [-0.39, 0.29) is 16.7 Å². The predicted octanol–water partition coefficient (Wildman–Crippen LogP) is 3.74. The molecule has 2 aromatic rings. The number of anilines is 2. The summed E-state index contributed by atoms with van der Waals surface area (Å²) in [6.45, 7) is 2.77. The van der Waals surface area contributed by atoms with Crippen LogP contribution in [0.1, 0.15) is 37.3 Å². The van der Waals surface area contributed by atoms with Gasteiger partial charge in [-0.1, -0.05) is 31.5 Å². The van der Waals surface area contributed by atoms with Crippen LogP contribution in [0.25, 0.3) is 0 Å². The van der Waals surface area contributed by atoms with Crippen LogP contribution in [0.15, 0.2) is 47.4 Å². The third-order valence-electron chi connectivity index (χ3n) is 5.20. The molecule has 1 heterocycles. The maximum atomic E-state index is 12.7. The Morgan fingerprint density at radius 3 is 2.56 bits per heavy atom. The summed E-state index contributed by atoms with van der Waals surface area (Å²) in [7, 11) is -3.66. The zero-order valence-corrected chi connectivity index (χ0v) is 16.3. The van der Waals surface area contributed by atoms with Crippen LogP contribution in [-0.4, -0.2) is 20.9 Å². The number of carbonyl (C=O) groups excluding carboxylic acids is 1. The molecular formula is C21H24N2O3S. The summed E-state index contributed by atoms with van der Waals surface area (Å²) in [4.78, 5) is 14.5. The van der Waals surface area contributed by atoms with Crippen LogP contribution in [0.5, 0.6) is 0 Å². The standard InChI is InChI=1S/C21H24N2O3S/c1-2-3-15-4-10-19(11-5-15)27(25,26)22-18-9-8-16-12-13-23(20(16)14-18)21(24)17-6-7-17/h4-5,8-11,14,17,22H,2-3,6-7,12-13H2,1H3. The number of fused-ring (bicyclic) bond motifs is 1. The van der Waals surface area contributed by atoms with Gasteiger partial charge in [-0.25, -0.2) is 8.42 Å². The van der Waals surface area contributed by atoms with E-state index in [4.69, 9.17) is 0 Å². The van der Waals surface area contributed by atoms with Gasteiger partial charge in [0.2, 0.25) is 5.91 Å². The molecule has 0 aromatic heterocycles. The lowest BCUT2D eigenvalue weighted by Gasteiger charge is -2.18. The van der Waals surface area contributed by atoms with Crippen molar-refractivity contribution in [2.24, 2.45) is 5.92 Å². The molecule has 4 rings (SSSR count). The van der Waals surface area contributed by atoms with Gasteiger partial charge in [0.05, 0.1) is 10.6 Å². The molecule has 1 aliphatic heterocycles. The van der Waals surface area contributed by atoms with Gasteiger partial charge in [0.15, 0.2) is 0 Å². The fourth-order valence-electron chi connectivity index (χ4n) is 3.56. The van der Waals surface area contributed by atoms with E-state index in [9.17, 15) is 13.2 Å². The Labute approximate surface area is 160 Å². The molecule has 27 heavy (non-hydrogen) atoms. The third-order valence-corrected chi connectivity index (χ3v) is 6.60. The van der Waals surface area contributed by atoms with Gasteiger partial charge in [-0.15, -0.1) is 0 Å². The number of benzene rings is 2. The number of amides is 1. The number of aryl methyl sites for hydroxylation is 1. The van der Waals surface area contributed by atoms with E-state index in [1.165, 1.54) is 0 Å². The zero-order chi connectivity index (χ0) is 19.0. The smallest absolute Gasteiger partial charge is 0.261 e.